The van der Waals surface area contributed by atoms with E-state index in [4.69, 9.17) is 23.7 Å². The van der Waals surface area contributed by atoms with E-state index in [-0.39, 0.29) is 12.9 Å². The van der Waals surface area contributed by atoms with E-state index in [1.165, 1.54) is 32.1 Å². The van der Waals surface area contributed by atoms with Crippen LogP contribution in [0.25, 0.3) is 0 Å². The average Bonchev–Trinajstić information content (AvgIpc) is 2.57. The van der Waals surface area contributed by atoms with E-state index in [0.29, 0.717) is 26.4 Å². The highest BCUT2D eigenvalue weighted by Gasteiger charge is 2.43. The van der Waals surface area contributed by atoms with Crippen LogP contribution in [0.15, 0.2) is 0 Å². The lowest BCUT2D eigenvalue weighted by molar-refractivity contribution is -0.419. The Kier molecular flexibility index (Phi) is 16.1. The maximum absolute atomic E-state index is 5.94. The summed E-state index contributed by atoms with van der Waals surface area (Å²) in [6.45, 7) is 12.4. The molecule has 0 saturated heterocycles. The normalized spacial score (nSPS) is 13.4. The lowest BCUT2D eigenvalue weighted by atomic mass is 10.1. The average molecular weight is 349 g/mol. The van der Waals surface area contributed by atoms with Crippen molar-refractivity contribution in [1.29, 1.82) is 0 Å². The second kappa shape index (κ2) is 16.3. The zero-order valence-electron chi connectivity index (χ0n) is 16.6. The topological polar surface area (TPSA) is 46.2 Å². The number of rotatable bonds is 18. The van der Waals surface area contributed by atoms with Crippen LogP contribution in [0.3, 0.4) is 0 Å². The first-order valence-electron chi connectivity index (χ1n) is 9.81. The van der Waals surface area contributed by atoms with E-state index in [0.717, 1.165) is 12.8 Å². The molecule has 0 aliphatic rings. The smallest absolute Gasteiger partial charge is 0.310 e. The predicted octanol–water partition coefficient (Wildman–Crippen LogP) is 4.88. The van der Waals surface area contributed by atoms with Gasteiger partial charge in [0, 0.05) is 26.4 Å². The molecule has 0 fully saturated rings. The van der Waals surface area contributed by atoms with Gasteiger partial charge in [0.05, 0.1) is 0 Å². The molecule has 1 unspecified atom stereocenters. The molecule has 0 aliphatic heterocycles. The summed E-state index contributed by atoms with van der Waals surface area (Å²) in [5, 5.41) is 0. The molecule has 0 radical (unpaired) electrons. The molecule has 0 saturated carbocycles. The van der Waals surface area contributed by atoms with Crippen molar-refractivity contribution in [3.05, 3.63) is 0 Å². The first-order chi connectivity index (χ1) is 11.7. The quantitative estimate of drug-likeness (QED) is 0.261. The Morgan fingerprint density at radius 1 is 0.667 bits per heavy atom. The monoisotopic (exact) mass is 348 g/mol. The minimum Gasteiger partial charge on any atom is -0.356 e. The van der Waals surface area contributed by atoms with Gasteiger partial charge in [0.15, 0.2) is 0 Å². The third-order valence-electron chi connectivity index (χ3n) is 3.81. The number of hydrogen-bond donors (Lipinski definition) is 0. The highest BCUT2D eigenvalue weighted by molar-refractivity contribution is 4.73. The molecular weight excluding hydrogens is 308 g/mol. The minimum absolute atomic E-state index is 0.228. The van der Waals surface area contributed by atoms with E-state index in [1.54, 1.807) is 0 Å². The lowest BCUT2D eigenvalue weighted by Crippen LogP contribution is -2.51. The molecule has 0 N–H and O–H groups in total. The molecule has 0 rings (SSSR count). The molecule has 0 aromatic heterocycles. The molecule has 146 valence electrons. The molecule has 0 spiro atoms. The maximum Gasteiger partial charge on any atom is 0.310 e. The van der Waals surface area contributed by atoms with Gasteiger partial charge in [-0.05, 0) is 34.1 Å². The van der Waals surface area contributed by atoms with Crippen LogP contribution < -0.4 is 0 Å². The largest absolute Gasteiger partial charge is 0.356 e. The Morgan fingerprint density at radius 2 is 1.21 bits per heavy atom. The zero-order valence-corrected chi connectivity index (χ0v) is 16.6. The number of hydrogen-bond acceptors (Lipinski definition) is 5. The second-order valence-electron chi connectivity index (χ2n) is 5.72. The summed E-state index contributed by atoms with van der Waals surface area (Å²) in [7, 11) is 0. The SMILES string of the molecule is CCCCCCCCC(OCOCC)C(OCC)(OCC)OCC. The summed E-state index contributed by atoms with van der Waals surface area (Å²) in [5.41, 5.74) is 0. The Labute approximate surface area is 149 Å². The summed E-state index contributed by atoms with van der Waals surface area (Å²) in [4.78, 5) is 0. The van der Waals surface area contributed by atoms with Crippen LogP contribution in [-0.4, -0.2) is 45.3 Å². The van der Waals surface area contributed by atoms with E-state index in [1.807, 2.05) is 27.7 Å². The Morgan fingerprint density at radius 3 is 1.71 bits per heavy atom. The second-order valence-corrected chi connectivity index (χ2v) is 5.72. The van der Waals surface area contributed by atoms with Gasteiger partial charge < -0.3 is 23.7 Å². The molecule has 0 aliphatic carbocycles. The molecule has 5 nitrogen and oxygen atoms in total. The van der Waals surface area contributed by atoms with E-state index < -0.39 is 5.97 Å². The van der Waals surface area contributed by atoms with Crippen molar-refractivity contribution < 1.29 is 23.7 Å². The summed E-state index contributed by atoms with van der Waals surface area (Å²) < 4.78 is 28.9. The van der Waals surface area contributed by atoms with Crippen LogP contribution in [0.5, 0.6) is 0 Å². The van der Waals surface area contributed by atoms with Crippen LogP contribution in [-0.2, 0) is 23.7 Å². The Hall–Kier alpha value is -0.200. The molecule has 0 aromatic carbocycles. The fraction of sp³-hybridized carbons (Fsp3) is 1.00. The van der Waals surface area contributed by atoms with Crippen LogP contribution in [0.1, 0.15) is 79.6 Å². The summed E-state index contributed by atoms with van der Waals surface area (Å²) in [6.07, 6.45) is 7.93. The van der Waals surface area contributed by atoms with E-state index in [9.17, 15) is 0 Å². The lowest BCUT2D eigenvalue weighted by Gasteiger charge is -2.38. The Bertz CT molecular complexity index is 243. The van der Waals surface area contributed by atoms with Gasteiger partial charge in [0.25, 0.3) is 0 Å². The van der Waals surface area contributed by atoms with Crippen LogP contribution >= 0.6 is 0 Å². The fourth-order valence-electron chi connectivity index (χ4n) is 2.69. The third kappa shape index (κ3) is 9.94. The van der Waals surface area contributed by atoms with Crippen molar-refractivity contribution in [3.8, 4) is 0 Å². The highest BCUT2D eigenvalue weighted by atomic mass is 16.9. The molecular formula is C19H40O5. The molecule has 24 heavy (non-hydrogen) atoms. The molecule has 0 bridgehead atoms. The van der Waals surface area contributed by atoms with Gasteiger partial charge in [0.2, 0.25) is 0 Å². The number of ether oxygens (including phenoxy) is 5. The van der Waals surface area contributed by atoms with Gasteiger partial charge in [-0.2, -0.15) is 0 Å². The summed E-state index contributed by atoms with van der Waals surface area (Å²) >= 11 is 0. The van der Waals surface area contributed by atoms with Crippen molar-refractivity contribution >= 4 is 0 Å². The summed E-state index contributed by atoms with van der Waals surface area (Å²) in [5.74, 6) is -1.14. The summed E-state index contributed by atoms with van der Waals surface area (Å²) in [6, 6.07) is 0. The molecule has 5 heteroatoms. The van der Waals surface area contributed by atoms with Crippen LogP contribution in [0.4, 0.5) is 0 Å². The predicted molar refractivity (Wildman–Crippen MR) is 97.0 cm³/mol. The van der Waals surface area contributed by atoms with Gasteiger partial charge in [-0.15, -0.1) is 0 Å². The van der Waals surface area contributed by atoms with Gasteiger partial charge >= 0.3 is 5.97 Å². The first kappa shape index (κ1) is 23.8. The van der Waals surface area contributed by atoms with Gasteiger partial charge in [0.1, 0.15) is 12.9 Å². The van der Waals surface area contributed by atoms with Crippen LogP contribution in [0, 0.1) is 0 Å². The van der Waals surface area contributed by atoms with Gasteiger partial charge in [-0.3, -0.25) is 0 Å². The van der Waals surface area contributed by atoms with Gasteiger partial charge in [-0.25, -0.2) is 0 Å². The minimum atomic E-state index is -1.14. The standard InChI is InChI=1S/C19H40O5/c1-6-11-12-13-14-15-16-18(21-17-20-7-2)19(22-8-3,23-9-4)24-10-5/h18H,6-17H2,1-5H3. The zero-order chi connectivity index (χ0) is 18.1. The first-order valence-corrected chi connectivity index (χ1v) is 9.81. The van der Waals surface area contributed by atoms with Crippen molar-refractivity contribution in [2.75, 3.05) is 33.2 Å². The Balaban J connectivity index is 4.74. The van der Waals surface area contributed by atoms with E-state index in [2.05, 4.69) is 6.92 Å². The maximum atomic E-state index is 5.94. The fourth-order valence-corrected chi connectivity index (χ4v) is 2.69. The van der Waals surface area contributed by atoms with Crippen molar-refractivity contribution in [3.63, 3.8) is 0 Å². The highest BCUT2D eigenvalue weighted by Crippen LogP contribution is 2.27. The van der Waals surface area contributed by atoms with Gasteiger partial charge in [-0.1, -0.05) is 45.4 Å². The van der Waals surface area contributed by atoms with E-state index >= 15 is 0 Å². The third-order valence-corrected chi connectivity index (χ3v) is 3.81. The van der Waals surface area contributed by atoms with Crippen molar-refractivity contribution in [1.82, 2.24) is 0 Å². The molecule has 0 aromatic rings. The molecule has 1 atom stereocenters. The van der Waals surface area contributed by atoms with Crippen LogP contribution in [0.2, 0.25) is 0 Å². The number of unbranched alkanes of at least 4 members (excludes halogenated alkanes) is 5. The van der Waals surface area contributed by atoms with Crippen molar-refractivity contribution in [2.45, 2.75) is 91.6 Å². The molecule has 0 amide bonds. The van der Waals surface area contributed by atoms with Crippen molar-refractivity contribution in [2.24, 2.45) is 0 Å². The molecule has 0 heterocycles.